The van der Waals surface area contributed by atoms with Gasteiger partial charge in [0.05, 0.1) is 16.4 Å². The van der Waals surface area contributed by atoms with Gasteiger partial charge in [0.15, 0.2) is 0 Å². The summed E-state index contributed by atoms with van der Waals surface area (Å²) in [7, 11) is 2.02. The highest BCUT2D eigenvalue weighted by Gasteiger charge is 2.05. The molecule has 3 nitrogen and oxygen atoms in total. The number of anilines is 2. The van der Waals surface area contributed by atoms with Crippen LogP contribution in [0.3, 0.4) is 0 Å². The molecule has 90 valence electrons. The van der Waals surface area contributed by atoms with E-state index in [4.69, 9.17) is 17.3 Å². The van der Waals surface area contributed by atoms with Crippen LogP contribution in [0, 0.1) is 5.82 Å². The van der Waals surface area contributed by atoms with Crippen molar-refractivity contribution >= 4 is 23.0 Å². The second-order valence-electron chi connectivity index (χ2n) is 3.68. The molecule has 0 fully saturated rings. The molecule has 16 heavy (non-hydrogen) atoms. The summed E-state index contributed by atoms with van der Waals surface area (Å²) in [6.07, 6.45) is 0. The SMILES string of the molecule is CCN(C)CCNc1cc(F)c(Cl)cc1N. The molecule has 0 saturated carbocycles. The van der Waals surface area contributed by atoms with E-state index in [1.54, 1.807) is 0 Å². The second-order valence-corrected chi connectivity index (χ2v) is 4.08. The molecule has 5 heteroatoms. The van der Waals surface area contributed by atoms with Crippen LogP contribution in [-0.2, 0) is 0 Å². The van der Waals surface area contributed by atoms with E-state index in [0.717, 1.165) is 19.6 Å². The number of hydrogen-bond donors (Lipinski definition) is 2. The van der Waals surface area contributed by atoms with Gasteiger partial charge in [0.25, 0.3) is 0 Å². The van der Waals surface area contributed by atoms with Crippen LogP contribution >= 0.6 is 11.6 Å². The highest BCUT2D eigenvalue weighted by atomic mass is 35.5. The third-order valence-electron chi connectivity index (χ3n) is 2.44. The lowest BCUT2D eigenvalue weighted by molar-refractivity contribution is 0.367. The Morgan fingerprint density at radius 1 is 1.50 bits per heavy atom. The molecular formula is C11H17ClFN3. The zero-order valence-corrected chi connectivity index (χ0v) is 10.3. The molecule has 0 saturated heterocycles. The van der Waals surface area contributed by atoms with Gasteiger partial charge in [0.1, 0.15) is 5.82 Å². The van der Waals surface area contributed by atoms with Crippen molar-refractivity contribution in [2.75, 3.05) is 37.7 Å². The van der Waals surface area contributed by atoms with E-state index in [-0.39, 0.29) is 5.02 Å². The minimum atomic E-state index is -0.456. The molecule has 1 aromatic carbocycles. The molecule has 0 spiro atoms. The highest BCUT2D eigenvalue weighted by Crippen LogP contribution is 2.25. The first-order valence-electron chi connectivity index (χ1n) is 5.21. The molecule has 0 radical (unpaired) electrons. The zero-order chi connectivity index (χ0) is 12.1. The molecule has 0 aliphatic rings. The maximum atomic E-state index is 13.2. The van der Waals surface area contributed by atoms with Crippen molar-refractivity contribution in [3.8, 4) is 0 Å². The van der Waals surface area contributed by atoms with Crippen LogP contribution in [0.5, 0.6) is 0 Å². The smallest absolute Gasteiger partial charge is 0.143 e. The lowest BCUT2D eigenvalue weighted by Gasteiger charge is -2.15. The Morgan fingerprint density at radius 3 is 2.81 bits per heavy atom. The first kappa shape index (κ1) is 13.1. The molecule has 0 atom stereocenters. The summed E-state index contributed by atoms with van der Waals surface area (Å²) in [5.41, 5.74) is 6.77. The van der Waals surface area contributed by atoms with Crippen molar-refractivity contribution in [3.05, 3.63) is 23.0 Å². The molecule has 0 aliphatic carbocycles. The van der Waals surface area contributed by atoms with E-state index in [1.165, 1.54) is 12.1 Å². The van der Waals surface area contributed by atoms with Crippen molar-refractivity contribution in [1.82, 2.24) is 4.90 Å². The molecule has 0 heterocycles. The number of nitrogen functional groups attached to an aromatic ring is 1. The van der Waals surface area contributed by atoms with E-state index in [2.05, 4.69) is 17.1 Å². The quantitative estimate of drug-likeness (QED) is 0.783. The van der Waals surface area contributed by atoms with E-state index < -0.39 is 5.82 Å². The van der Waals surface area contributed by atoms with Crippen molar-refractivity contribution in [1.29, 1.82) is 0 Å². The number of nitrogens with one attached hydrogen (secondary N) is 1. The fourth-order valence-electron chi connectivity index (χ4n) is 1.25. The van der Waals surface area contributed by atoms with Crippen LogP contribution in [0.2, 0.25) is 5.02 Å². The summed E-state index contributed by atoms with van der Waals surface area (Å²) >= 11 is 5.60. The van der Waals surface area contributed by atoms with Gasteiger partial charge in [-0.25, -0.2) is 4.39 Å². The van der Waals surface area contributed by atoms with E-state index in [1.807, 2.05) is 7.05 Å². The minimum absolute atomic E-state index is 0.0497. The third kappa shape index (κ3) is 3.54. The average Bonchev–Trinajstić information content (AvgIpc) is 2.25. The number of rotatable bonds is 5. The van der Waals surface area contributed by atoms with Crippen molar-refractivity contribution in [2.24, 2.45) is 0 Å². The number of nitrogens with zero attached hydrogens (tertiary/aromatic N) is 1. The molecule has 1 rings (SSSR count). The summed E-state index contributed by atoms with van der Waals surface area (Å²) in [5.74, 6) is -0.456. The van der Waals surface area contributed by atoms with Crippen LogP contribution in [0.15, 0.2) is 12.1 Å². The monoisotopic (exact) mass is 245 g/mol. The normalized spacial score (nSPS) is 10.8. The maximum absolute atomic E-state index is 13.2. The van der Waals surface area contributed by atoms with Crippen LogP contribution in [-0.4, -0.2) is 31.6 Å². The van der Waals surface area contributed by atoms with Crippen molar-refractivity contribution < 1.29 is 4.39 Å². The molecule has 0 bridgehead atoms. The molecule has 0 aliphatic heterocycles. The van der Waals surface area contributed by atoms with Crippen LogP contribution in [0.1, 0.15) is 6.92 Å². The van der Waals surface area contributed by atoms with Gasteiger partial charge in [-0.05, 0) is 19.7 Å². The van der Waals surface area contributed by atoms with E-state index in [0.29, 0.717) is 11.4 Å². The number of hydrogen-bond acceptors (Lipinski definition) is 3. The minimum Gasteiger partial charge on any atom is -0.397 e. The van der Waals surface area contributed by atoms with E-state index in [9.17, 15) is 4.39 Å². The summed E-state index contributed by atoms with van der Waals surface area (Å²) in [6, 6.07) is 2.74. The Labute approximate surface area is 100 Å². The Bertz CT molecular complexity index is 357. The summed E-state index contributed by atoms with van der Waals surface area (Å²) in [6.45, 7) is 4.65. The van der Waals surface area contributed by atoms with Gasteiger partial charge >= 0.3 is 0 Å². The first-order chi connectivity index (χ1) is 7.54. The Kier molecular flexibility index (Phi) is 4.83. The number of benzene rings is 1. The summed E-state index contributed by atoms with van der Waals surface area (Å²) in [5, 5.41) is 3.13. The zero-order valence-electron chi connectivity index (χ0n) is 9.56. The third-order valence-corrected chi connectivity index (χ3v) is 2.73. The van der Waals surface area contributed by atoms with Gasteiger partial charge in [-0.15, -0.1) is 0 Å². The second kappa shape index (κ2) is 5.92. The Morgan fingerprint density at radius 2 is 2.19 bits per heavy atom. The molecule has 3 N–H and O–H groups in total. The summed E-state index contributed by atoms with van der Waals surface area (Å²) < 4.78 is 13.2. The molecule has 1 aromatic rings. The molecule has 0 unspecified atom stereocenters. The first-order valence-corrected chi connectivity index (χ1v) is 5.59. The van der Waals surface area contributed by atoms with Crippen LogP contribution in [0.4, 0.5) is 15.8 Å². The standard InChI is InChI=1S/C11H17ClFN3/c1-3-16(2)5-4-15-11-7-9(13)8(12)6-10(11)14/h6-7,15H,3-5,14H2,1-2H3. The molecule has 0 amide bonds. The lowest BCUT2D eigenvalue weighted by Crippen LogP contribution is -2.24. The number of nitrogens with two attached hydrogens (primary N) is 1. The Hall–Kier alpha value is -1.00. The van der Waals surface area contributed by atoms with Crippen molar-refractivity contribution in [3.63, 3.8) is 0 Å². The average molecular weight is 246 g/mol. The van der Waals surface area contributed by atoms with Gasteiger partial charge < -0.3 is 16.0 Å². The fourth-order valence-corrected chi connectivity index (χ4v) is 1.43. The van der Waals surface area contributed by atoms with Gasteiger partial charge in [0, 0.05) is 19.2 Å². The maximum Gasteiger partial charge on any atom is 0.143 e. The van der Waals surface area contributed by atoms with Crippen molar-refractivity contribution in [2.45, 2.75) is 6.92 Å². The topological polar surface area (TPSA) is 41.3 Å². The van der Waals surface area contributed by atoms with Gasteiger partial charge in [-0.2, -0.15) is 0 Å². The molecular weight excluding hydrogens is 229 g/mol. The predicted octanol–water partition coefficient (Wildman–Crippen LogP) is 2.42. The largest absolute Gasteiger partial charge is 0.397 e. The summed E-state index contributed by atoms with van der Waals surface area (Å²) in [4.78, 5) is 2.15. The number of likely N-dealkylation sites (N-methyl/N-ethyl adjacent to an activating group) is 1. The lowest BCUT2D eigenvalue weighted by atomic mass is 10.2. The predicted molar refractivity (Wildman–Crippen MR) is 67.5 cm³/mol. The van der Waals surface area contributed by atoms with Gasteiger partial charge in [-0.3, -0.25) is 0 Å². The highest BCUT2D eigenvalue weighted by molar-refractivity contribution is 6.31. The fraction of sp³-hybridized carbons (Fsp3) is 0.455. The van der Waals surface area contributed by atoms with Gasteiger partial charge in [-0.1, -0.05) is 18.5 Å². The number of halogens is 2. The van der Waals surface area contributed by atoms with Gasteiger partial charge in [0.2, 0.25) is 0 Å². The Balaban J connectivity index is 2.57. The van der Waals surface area contributed by atoms with Crippen LogP contribution in [0.25, 0.3) is 0 Å². The van der Waals surface area contributed by atoms with E-state index >= 15 is 0 Å². The van der Waals surface area contributed by atoms with Crippen LogP contribution < -0.4 is 11.1 Å². The molecule has 0 aromatic heterocycles.